The van der Waals surface area contributed by atoms with Crippen LogP contribution in [0.25, 0.3) is 11.4 Å². The first-order valence-electron chi connectivity index (χ1n) is 7.72. The summed E-state index contributed by atoms with van der Waals surface area (Å²) in [4.78, 5) is 4.34. The van der Waals surface area contributed by atoms with Crippen molar-refractivity contribution < 1.29 is 25.2 Å². The third-order valence-electron chi connectivity index (χ3n) is 4.14. The standard InChI is InChI=1S/C16H21N3O5/c1-7-3-8(2)5-9(4-7)15-17-16(19-18-15)14-13(23)12(22)11(21)10(6-20)24-14/h3-5,10-14,20-23H,6H2,1-2H3,(H,17,18,19)/t10-,11-,12+,13-,14-/m1/s1. The summed E-state index contributed by atoms with van der Waals surface area (Å²) in [5.41, 5.74) is 2.97. The maximum atomic E-state index is 10.1. The van der Waals surface area contributed by atoms with Gasteiger partial charge in [0.2, 0.25) is 0 Å². The average Bonchev–Trinajstić information content (AvgIpc) is 3.02. The van der Waals surface area contributed by atoms with E-state index in [1.807, 2.05) is 32.0 Å². The maximum absolute atomic E-state index is 10.1. The summed E-state index contributed by atoms with van der Waals surface area (Å²) >= 11 is 0. The number of aliphatic hydroxyl groups excluding tert-OH is 4. The van der Waals surface area contributed by atoms with Gasteiger partial charge in [-0.2, -0.15) is 5.10 Å². The fourth-order valence-corrected chi connectivity index (χ4v) is 2.96. The minimum Gasteiger partial charge on any atom is -0.394 e. The molecule has 2 heterocycles. The average molecular weight is 335 g/mol. The fourth-order valence-electron chi connectivity index (χ4n) is 2.96. The van der Waals surface area contributed by atoms with Crippen LogP contribution in [0.4, 0.5) is 0 Å². The minimum absolute atomic E-state index is 0.223. The zero-order valence-corrected chi connectivity index (χ0v) is 13.4. The van der Waals surface area contributed by atoms with Crippen molar-refractivity contribution in [3.05, 3.63) is 35.2 Å². The van der Waals surface area contributed by atoms with Crippen molar-refractivity contribution in [3.63, 3.8) is 0 Å². The molecule has 0 radical (unpaired) electrons. The van der Waals surface area contributed by atoms with Crippen molar-refractivity contribution in [2.45, 2.75) is 44.4 Å². The van der Waals surface area contributed by atoms with Gasteiger partial charge in [0.05, 0.1) is 6.61 Å². The largest absolute Gasteiger partial charge is 0.394 e. The highest BCUT2D eigenvalue weighted by Crippen LogP contribution is 2.31. The van der Waals surface area contributed by atoms with Crippen LogP contribution in [-0.2, 0) is 4.74 Å². The second kappa shape index (κ2) is 6.58. The van der Waals surface area contributed by atoms with Crippen LogP contribution in [0, 0.1) is 13.8 Å². The van der Waals surface area contributed by atoms with E-state index < -0.39 is 37.1 Å². The van der Waals surface area contributed by atoms with E-state index in [0.29, 0.717) is 5.82 Å². The van der Waals surface area contributed by atoms with Crippen LogP contribution >= 0.6 is 0 Å². The van der Waals surface area contributed by atoms with Crippen LogP contribution in [0.15, 0.2) is 18.2 Å². The number of benzene rings is 1. The van der Waals surface area contributed by atoms with Crippen LogP contribution < -0.4 is 0 Å². The summed E-state index contributed by atoms with van der Waals surface area (Å²) in [5, 5.41) is 45.9. The Bertz CT molecular complexity index is 697. The molecule has 8 heteroatoms. The Hall–Kier alpha value is -1.84. The molecule has 0 spiro atoms. The Labute approximate surface area is 138 Å². The van der Waals surface area contributed by atoms with Gasteiger partial charge in [-0.05, 0) is 26.0 Å². The molecule has 1 fully saturated rings. The first kappa shape index (κ1) is 17.0. The number of aromatic nitrogens is 3. The summed E-state index contributed by atoms with van der Waals surface area (Å²) < 4.78 is 5.47. The molecule has 8 nitrogen and oxygen atoms in total. The summed E-state index contributed by atoms with van der Waals surface area (Å²) in [6.45, 7) is 3.46. The van der Waals surface area contributed by atoms with Crippen LogP contribution in [0.5, 0.6) is 0 Å². The van der Waals surface area contributed by atoms with Crippen molar-refractivity contribution in [2.24, 2.45) is 0 Å². The molecular weight excluding hydrogens is 314 g/mol. The highest BCUT2D eigenvalue weighted by atomic mass is 16.5. The second-order valence-electron chi connectivity index (χ2n) is 6.17. The van der Waals surface area contributed by atoms with Gasteiger partial charge >= 0.3 is 0 Å². The lowest BCUT2D eigenvalue weighted by Crippen LogP contribution is -2.55. The van der Waals surface area contributed by atoms with E-state index in [-0.39, 0.29) is 5.82 Å². The Morgan fingerprint density at radius 3 is 2.33 bits per heavy atom. The molecule has 1 aromatic heterocycles. The monoisotopic (exact) mass is 335 g/mol. The van der Waals surface area contributed by atoms with Crippen LogP contribution in [0.3, 0.4) is 0 Å². The van der Waals surface area contributed by atoms with E-state index in [9.17, 15) is 20.4 Å². The molecule has 24 heavy (non-hydrogen) atoms. The first-order chi connectivity index (χ1) is 11.4. The van der Waals surface area contributed by atoms with Crippen molar-refractivity contribution in [2.75, 3.05) is 6.61 Å². The Morgan fingerprint density at radius 1 is 1.04 bits per heavy atom. The summed E-state index contributed by atoms with van der Waals surface area (Å²) in [6, 6.07) is 5.91. The number of aryl methyl sites for hydroxylation is 2. The molecule has 1 aromatic carbocycles. The van der Waals surface area contributed by atoms with E-state index in [1.165, 1.54) is 0 Å². The van der Waals surface area contributed by atoms with Crippen molar-refractivity contribution in [3.8, 4) is 11.4 Å². The van der Waals surface area contributed by atoms with Gasteiger partial charge in [-0.1, -0.05) is 17.2 Å². The smallest absolute Gasteiger partial charge is 0.181 e. The van der Waals surface area contributed by atoms with Crippen LogP contribution in [0.1, 0.15) is 23.1 Å². The second-order valence-corrected chi connectivity index (χ2v) is 6.17. The van der Waals surface area contributed by atoms with Gasteiger partial charge in [-0.25, -0.2) is 4.98 Å². The highest BCUT2D eigenvalue weighted by molar-refractivity contribution is 5.57. The van der Waals surface area contributed by atoms with Gasteiger partial charge in [0.15, 0.2) is 11.6 Å². The predicted molar refractivity (Wildman–Crippen MR) is 84.0 cm³/mol. The molecule has 5 atom stereocenters. The van der Waals surface area contributed by atoms with E-state index in [4.69, 9.17) is 4.74 Å². The van der Waals surface area contributed by atoms with Crippen LogP contribution in [-0.4, -0.2) is 66.6 Å². The quantitative estimate of drug-likeness (QED) is 0.516. The molecule has 3 rings (SSSR count). The molecule has 1 aliphatic rings. The lowest BCUT2D eigenvalue weighted by Gasteiger charge is -2.38. The van der Waals surface area contributed by atoms with Gasteiger partial charge in [-0.3, -0.25) is 5.10 Å². The number of rotatable bonds is 3. The first-order valence-corrected chi connectivity index (χ1v) is 7.72. The zero-order chi connectivity index (χ0) is 17.4. The van der Waals surface area contributed by atoms with E-state index in [2.05, 4.69) is 15.2 Å². The molecule has 5 N–H and O–H groups in total. The third kappa shape index (κ3) is 3.06. The number of nitrogens with one attached hydrogen (secondary N) is 1. The maximum Gasteiger partial charge on any atom is 0.181 e. The number of aliphatic hydroxyl groups is 4. The van der Waals surface area contributed by atoms with Gasteiger partial charge < -0.3 is 25.2 Å². The van der Waals surface area contributed by atoms with Crippen molar-refractivity contribution in [1.29, 1.82) is 0 Å². The lowest BCUT2D eigenvalue weighted by atomic mass is 9.95. The zero-order valence-electron chi connectivity index (χ0n) is 13.4. The fraction of sp³-hybridized carbons (Fsp3) is 0.500. The van der Waals surface area contributed by atoms with Gasteiger partial charge in [0, 0.05) is 5.56 Å². The van der Waals surface area contributed by atoms with Crippen LogP contribution in [0.2, 0.25) is 0 Å². The molecule has 1 aliphatic heterocycles. The van der Waals surface area contributed by atoms with Gasteiger partial charge in [-0.15, -0.1) is 0 Å². The number of aromatic amines is 1. The Balaban J connectivity index is 1.89. The molecule has 0 aliphatic carbocycles. The Morgan fingerprint density at radius 2 is 1.71 bits per heavy atom. The number of hydrogen-bond acceptors (Lipinski definition) is 7. The van der Waals surface area contributed by atoms with Crippen molar-refractivity contribution >= 4 is 0 Å². The SMILES string of the molecule is Cc1cc(C)cc(-c2n[nH]c([C@@H]3O[C@H](CO)[C@@H](O)[C@H](O)[C@H]3O)n2)c1. The van der Waals surface area contributed by atoms with Gasteiger partial charge in [0.1, 0.15) is 30.5 Å². The predicted octanol–water partition coefficient (Wildman–Crippen LogP) is -0.397. The number of hydrogen-bond donors (Lipinski definition) is 5. The molecule has 2 aromatic rings. The lowest BCUT2D eigenvalue weighted by molar-refractivity contribution is -0.233. The third-order valence-corrected chi connectivity index (χ3v) is 4.14. The summed E-state index contributed by atoms with van der Waals surface area (Å²) in [7, 11) is 0. The molecular formula is C16H21N3O5. The molecule has 0 bridgehead atoms. The van der Waals surface area contributed by atoms with E-state index >= 15 is 0 Å². The topological polar surface area (TPSA) is 132 Å². The molecule has 1 saturated heterocycles. The normalized spacial score (nSPS) is 30.5. The number of ether oxygens (including phenoxy) is 1. The minimum atomic E-state index is -1.45. The summed E-state index contributed by atoms with van der Waals surface area (Å²) in [6.07, 6.45) is -6.24. The molecule has 130 valence electrons. The van der Waals surface area contributed by atoms with Gasteiger partial charge in [0.25, 0.3) is 0 Å². The van der Waals surface area contributed by atoms with E-state index in [1.54, 1.807) is 0 Å². The highest BCUT2D eigenvalue weighted by Gasteiger charge is 2.45. The van der Waals surface area contributed by atoms with Crippen molar-refractivity contribution in [1.82, 2.24) is 15.2 Å². The molecule has 0 unspecified atom stereocenters. The summed E-state index contributed by atoms with van der Waals surface area (Å²) in [5.74, 6) is 0.662. The molecule has 0 amide bonds. The molecule has 0 saturated carbocycles. The van der Waals surface area contributed by atoms with E-state index in [0.717, 1.165) is 16.7 Å². The Kier molecular flexibility index (Phi) is 4.66. The number of nitrogens with zero attached hydrogens (tertiary/aromatic N) is 2. The number of H-pyrrole nitrogens is 1.